The van der Waals surface area contributed by atoms with Crippen LogP contribution in [0.4, 0.5) is 5.69 Å². The number of benzene rings is 2. The predicted octanol–water partition coefficient (Wildman–Crippen LogP) is 4.19. The Balaban J connectivity index is 2.48. The molecule has 1 atom stereocenters. The highest BCUT2D eigenvalue weighted by Crippen LogP contribution is 2.25. The van der Waals surface area contributed by atoms with Crippen molar-refractivity contribution in [2.24, 2.45) is 5.92 Å². The zero-order valence-corrected chi connectivity index (χ0v) is 23.6. The first-order chi connectivity index (χ1) is 16.9. The number of hydrogen-bond donors (Lipinski definition) is 1. The van der Waals surface area contributed by atoms with Crippen LogP contribution in [-0.4, -0.2) is 62.7 Å². The fourth-order valence-corrected chi connectivity index (χ4v) is 4.86. The molecule has 0 heterocycles. The van der Waals surface area contributed by atoms with E-state index in [2.05, 4.69) is 5.32 Å². The van der Waals surface area contributed by atoms with Crippen LogP contribution in [0.5, 0.6) is 0 Å². The van der Waals surface area contributed by atoms with Gasteiger partial charge in [-0.2, -0.15) is 12.7 Å². The minimum Gasteiger partial charge on any atom is -0.354 e. The minimum absolute atomic E-state index is 0.0496. The highest BCUT2D eigenvalue weighted by atomic mass is 35.5. The minimum atomic E-state index is -4.00. The van der Waals surface area contributed by atoms with E-state index in [4.69, 9.17) is 23.2 Å². The molecule has 1 N–H and O–H groups in total. The smallest absolute Gasteiger partial charge is 0.304 e. The molecule has 0 radical (unpaired) electrons. The van der Waals surface area contributed by atoms with E-state index >= 15 is 0 Å². The second kappa shape index (κ2) is 13.3. The summed E-state index contributed by atoms with van der Waals surface area (Å²) in [5.41, 5.74) is 1.00. The third-order valence-corrected chi connectivity index (χ3v) is 8.03. The third kappa shape index (κ3) is 7.83. The first-order valence-electron chi connectivity index (χ1n) is 11.6. The van der Waals surface area contributed by atoms with E-state index in [1.807, 2.05) is 13.8 Å². The molecule has 0 saturated heterocycles. The average Bonchev–Trinajstić information content (AvgIpc) is 2.83. The second-order valence-corrected chi connectivity index (χ2v) is 11.8. The Morgan fingerprint density at radius 2 is 1.64 bits per heavy atom. The van der Waals surface area contributed by atoms with Gasteiger partial charge in [0.15, 0.2) is 0 Å². The first-order valence-corrected chi connectivity index (χ1v) is 13.8. The summed E-state index contributed by atoms with van der Waals surface area (Å²) < 4.78 is 28.4. The van der Waals surface area contributed by atoms with Crippen LogP contribution in [0.25, 0.3) is 0 Å². The Morgan fingerprint density at radius 3 is 2.17 bits per heavy atom. The molecular weight excluding hydrogens is 523 g/mol. The molecule has 0 bridgehead atoms. The monoisotopic (exact) mass is 556 g/mol. The van der Waals surface area contributed by atoms with E-state index < -0.39 is 28.7 Å². The molecule has 0 unspecified atom stereocenters. The molecule has 8 nitrogen and oxygen atoms in total. The van der Waals surface area contributed by atoms with Crippen molar-refractivity contribution in [1.82, 2.24) is 14.5 Å². The molecule has 0 aliphatic heterocycles. The molecule has 0 aromatic heterocycles. The Labute approximate surface area is 224 Å². The quantitative estimate of drug-likeness (QED) is 0.424. The van der Waals surface area contributed by atoms with E-state index in [0.29, 0.717) is 34.3 Å². The van der Waals surface area contributed by atoms with Crippen LogP contribution in [0.15, 0.2) is 48.5 Å². The highest BCUT2D eigenvalue weighted by Gasteiger charge is 2.33. The Bertz CT molecular complexity index is 1140. The molecule has 2 amide bonds. The van der Waals surface area contributed by atoms with Crippen molar-refractivity contribution in [2.75, 3.05) is 31.5 Å². The van der Waals surface area contributed by atoms with Gasteiger partial charge in [0.1, 0.15) is 12.6 Å². The number of nitrogens with one attached hydrogen (secondary N) is 1. The Kier molecular flexibility index (Phi) is 11.0. The first kappa shape index (κ1) is 29.9. The van der Waals surface area contributed by atoms with Gasteiger partial charge in [-0.1, -0.05) is 68.2 Å². The normalized spacial score (nSPS) is 12.5. The largest absolute Gasteiger partial charge is 0.354 e. The summed E-state index contributed by atoms with van der Waals surface area (Å²) in [7, 11) is -1.20. The van der Waals surface area contributed by atoms with Crippen molar-refractivity contribution < 1.29 is 18.0 Å². The molecule has 0 aliphatic carbocycles. The lowest BCUT2D eigenvalue weighted by Gasteiger charge is -2.34. The van der Waals surface area contributed by atoms with Crippen molar-refractivity contribution in [2.45, 2.75) is 39.8 Å². The summed E-state index contributed by atoms with van der Waals surface area (Å²) in [5.74, 6) is -0.604. The lowest BCUT2D eigenvalue weighted by molar-refractivity contribution is -0.140. The topological polar surface area (TPSA) is 90.0 Å². The zero-order chi connectivity index (χ0) is 27.0. The number of amides is 2. The molecule has 0 saturated carbocycles. The molecule has 11 heteroatoms. The molecule has 0 aliphatic rings. The second-order valence-electron chi connectivity index (χ2n) is 8.97. The number of hydrogen-bond acceptors (Lipinski definition) is 4. The molecule has 198 valence electrons. The number of carbonyl (C=O) groups is 2. The zero-order valence-electron chi connectivity index (χ0n) is 21.2. The Hall–Kier alpha value is -2.33. The summed E-state index contributed by atoms with van der Waals surface area (Å²) >= 11 is 12.2. The summed E-state index contributed by atoms with van der Waals surface area (Å²) in [6.07, 6.45) is 0.336. The fourth-order valence-electron chi connectivity index (χ4n) is 3.49. The maximum Gasteiger partial charge on any atom is 0.304 e. The van der Waals surface area contributed by atoms with Crippen molar-refractivity contribution in [1.29, 1.82) is 0 Å². The van der Waals surface area contributed by atoms with Gasteiger partial charge in [0.25, 0.3) is 0 Å². The van der Waals surface area contributed by atoms with Crippen molar-refractivity contribution in [3.63, 3.8) is 0 Å². The van der Waals surface area contributed by atoms with Gasteiger partial charge in [0.2, 0.25) is 11.8 Å². The number of para-hydroxylation sites is 1. The number of halogens is 2. The van der Waals surface area contributed by atoms with Crippen molar-refractivity contribution in [3.8, 4) is 0 Å². The number of carbonyl (C=O) groups excluding carboxylic acids is 2. The molecule has 2 aromatic rings. The summed E-state index contributed by atoms with van der Waals surface area (Å²) in [6, 6.07) is 12.5. The molecule has 0 fully saturated rings. The van der Waals surface area contributed by atoms with Gasteiger partial charge >= 0.3 is 10.2 Å². The van der Waals surface area contributed by atoms with Gasteiger partial charge < -0.3 is 10.2 Å². The number of rotatable bonds is 12. The SMILES string of the molecule is CC[C@@H](C(=O)NCC(C)C)N(Cc1ccc(Cl)c(Cl)c1)C(=O)CN(c1ccccc1)S(=O)(=O)N(C)C. The maximum atomic E-state index is 13.8. The van der Waals surface area contributed by atoms with E-state index in [9.17, 15) is 18.0 Å². The van der Waals surface area contributed by atoms with E-state index in [-0.39, 0.29) is 18.4 Å². The molecule has 2 rings (SSSR count). The van der Waals surface area contributed by atoms with Gasteiger partial charge in [-0.05, 0) is 42.2 Å². The third-order valence-electron chi connectivity index (χ3n) is 5.47. The highest BCUT2D eigenvalue weighted by molar-refractivity contribution is 7.90. The van der Waals surface area contributed by atoms with Crippen LogP contribution >= 0.6 is 23.2 Å². The van der Waals surface area contributed by atoms with E-state index in [0.717, 1.165) is 8.61 Å². The van der Waals surface area contributed by atoms with Crippen LogP contribution < -0.4 is 9.62 Å². The van der Waals surface area contributed by atoms with Crippen LogP contribution in [0, 0.1) is 5.92 Å². The predicted molar refractivity (Wildman–Crippen MR) is 145 cm³/mol. The van der Waals surface area contributed by atoms with Crippen molar-refractivity contribution in [3.05, 3.63) is 64.1 Å². The summed E-state index contributed by atoms with van der Waals surface area (Å²) in [6.45, 7) is 5.77. The van der Waals surface area contributed by atoms with Crippen LogP contribution in [0.1, 0.15) is 32.8 Å². The lowest BCUT2D eigenvalue weighted by atomic mass is 10.1. The van der Waals surface area contributed by atoms with Gasteiger partial charge in [0.05, 0.1) is 15.7 Å². The van der Waals surface area contributed by atoms with Gasteiger partial charge in [-0.25, -0.2) is 4.31 Å². The average molecular weight is 558 g/mol. The molecule has 2 aromatic carbocycles. The van der Waals surface area contributed by atoms with E-state index in [1.54, 1.807) is 55.5 Å². The molecule has 0 spiro atoms. The van der Waals surface area contributed by atoms with Gasteiger partial charge in [0, 0.05) is 27.2 Å². The number of anilines is 1. The van der Waals surface area contributed by atoms with Crippen LogP contribution in [0.3, 0.4) is 0 Å². The number of nitrogens with zero attached hydrogens (tertiary/aromatic N) is 3. The lowest BCUT2D eigenvalue weighted by Crippen LogP contribution is -2.53. The van der Waals surface area contributed by atoms with Crippen LogP contribution in [0.2, 0.25) is 10.0 Å². The fraction of sp³-hybridized carbons (Fsp3) is 0.440. The van der Waals surface area contributed by atoms with Gasteiger partial charge in [-0.15, -0.1) is 0 Å². The van der Waals surface area contributed by atoms with E-state index in [1.165, 1.54) is 19.0 Å². The summed E-state index contributed by atoms with van der Waals surface area (Å²) in [4.78, 5) is 28.3. The van der Waals surface area contributed by atoms with Crippen molar-refractivity contribution >= 4 is 50.9 Å². The van der Waals surface area contributed by atoms with Crippen LogP contribution in [-0.2, 0) is 26.3 Å². The summed E-state index contributed by atoms with van der Waals surface area (Å²) in [5, 5.41) is 3.58. The van der Waals surface area contributed by atoms with Gasteiger partial charge in [-0.3, -0.25) is 9.59 Å². The molecular formula is C25H34Cl2N4O4S. The Morgan fingerprint density at radius 1 is 1.00 bits per heavy atom. The maximum absolute atomic E-state index is 13.8. The molecule has 36 heavy (non-hydrogen) atoms. The standard InChI is InChI=1S/C25H34Cl2N4O4S/c1-6-23(25(33)28-15-18(2)3)30(16-19-12-13-21(26)22(27)14-19)24(32)17-31(36(34,35)29(4)5)20-10-8-7-9-11-20/h7-14,18,23H,6,15-17H2,1-5H3,(H,28,33)/t23-/m0/s1.